The number of hydrogen-bond donors (Lipinski definition) is 2. The van der Waals surface area contributed by atoms with Crippen LogP contribution in [0.2, 0.25) is 0 Å². The van der Waals surface area contributed by atoms with Crippen molar-refractivity contribution >= 4 is 5.97 Å². The van der Waals surface area contributed by atoms with Crippen LogP contribution < -0.4 is 5.32 Å². The standard InChI is InChI=1S/C27H24F3N3O3/c1-15-14-20(12-13-21(15)22-6-4-5-7-23(22)27(28,29)30)25-32-24(33-36-25)19-10-8-18(9-11-19)16(2)31-17(3)26(34)35/h4-14,16-17,31H,1-3H3,(H,34,35). The quantitative estimate of drug-likeness (QED) is 0.303. The van der Waals surface area contributed by atoms with E-state index in [-0.39, 0.29) is 17.5 Å². The molecule has 0 saturated heterocycles. The molecule has 1 heterocycles. The van der Waals surface area contributed by atoms with Crippen LogP contribution in [0.15, 0.2) is 71.3 Å². The summed E-state index contributed by atoms with van der Waals surface area (Å²) in [7, 11) is 0. The molecule has 6 nitrogen and oxygen atoms in total. The average molecular weight is 496 g/mol. The molecule has 186 valence electrons. The van der Waals surface area contributed by atoms with Crippen LogP contribution in [0.5, 0.6) is 0 Å². The fraction of sp³-hybridized carbons (Fsp3) is 0.222. The number of nitrogens with zero attached hydrogens (tertiary/aromatic N) is 2. The Labute approximate surface area is 205 Å². The summed E-state index contributed by atoms with van der Waals surface area (Å²) in [5, 5.41) is 16.1. The number of alkyl halides is 3. The van der Waals surface area contributed by atoms with Crippen LogP contribution >= 0.6 is 0 Å². The lowest BCUT2D eigenvalue weighted by molar-refractivity contribution is -0.139. The van der Waals surface area contributed by atoms with Crippen LogP contribution in [0.4, 0.5) is 13.2 Å². The first-order chi connectivity index (χ1) is 17.0. The zero-order valence-corrected chi connectivity index (χ0v) is 19.8. The number of rotatable bonds is 7. The van der Waals surface area contributed by atoms with Crippen molar-refractivity contribution in [2.45, 2.75) is 39.0 Å². The maximum absolute atomic E-state index is 13.5. The van der Waals surface area contributed by atoms with Gasteiger partial charge >= 0.3 is 12.1 Å². The second-order valence-electron chi connectivity index (χ2n) is 8.57. The molecule has 0 amide bonds. The Bertz CT molecular complexity index is 1380. The van der Waals surface area contributed by atoms with Gasteiger partial charge in [-0.3, -0.25) is 10.1 Å². The first kappa shape index (κ1) is 25.1. The molecule has 4 aromatic rings. The number of carboxylic acids is 1. The fourth-order valence-corrected chi connectivity index (χ4v) is 3.99. The number of nitrogens with one attached hydrogen (secondary N) is 1. The van der Waals surface area contributed by atoms with Crippen molar-refractivity contribution in [2.75, 3.05) is 0 Å². The van der Waals surface area contributed by atoms with Gasteiger partial charge in [-0.2, -0.15) is 18.2 Å². The molecule has 0 aliphatic heterocycles. The summed E-state index contributed by atoms with van der Waals surface area (Å²) in [6, 6.07) is 17.0. The van der Waals surface area contributed by atoms with Gasteiger partial charge in [0.25, 0.3) is 5.89 Å². The maximum atomic E-state index is 13.5. The highest BCUT2D eigenvalue weighted by molar-refractivity contribution is 5.74. The number of aliphatic carboxylic acids is 1. The highest BCUT2D eigenvalue weighted by Crippen LogP contribution is 2.38. The predicted molar refractivity (Wildman–Crippen MR) is 129 cm³/mol. The minimum atomic E-state index is -4.46. The first-order valence-electron chi connectivity index (χ1n) is 11.2. The van der Waals surface area contributed by atoms with E-state index in [1.807, 2.05) is 31.2 Å². The van der Waals surface area contributed by atoms with E-state index in [0.717, 1.165) is 11.6 Å². The number of hydrogen-bond acceptors (Lipinski definition) is 5. The minimum absolute atomic E-state index is 0.113. The van der Waals surface area contributed by atoms with E-state index in [1.54, 1.807) is 38.1 Å². The van der Waals surface area contributed by atoms with Gasteiger partial charge in [0.1, 0.15) is 6.04 Å². The van der Waals surface area contributed by atoms with Crippen LogP contribution in [0.1, 0.15) is 36.6 Å². The van der Waals surface area contributed by atoms with Gasteiger partial charge in [-0.1, -0.05) is 53.7 Å². The maximum Gasteiger partial charge on any atom is 0.417 e. The van der Waals surface area contributed by atoms with Crippen LogP contribution in [0, 0.1) is 6.92 Å². The van der Waals surface area contributed by atoms with E-state index in [0.29, 0.717) is 28.1 Å². The molecule has 0 spiro atoms. The van der Waals surface area contributed by atoms with Crippen molar-refractivity contribution < 1.29 is 27.6 Å². The summed E-state index contributed by atoms with van der Waals surface area (Å²) in [6.45, 7) is 5.19. The Kier molecular flexibility index (Phi) is 6.94. The topological polar surface area (TPSA) is 88.2 Å². The van der Waals surface area contributed by atoms with Gasteiger partial charge in [-0.25, -0.2) is 0 Å². The Hall–Kier alpha value is -3.98. The van der Waals surface area contributed by atoms with Crippen molar-refractivity contribution in [3.63, 3.8) is 0 Å². The Morgan fingerprint density at radius 2 is 1.64 bits per heavy atom. The number of benzene rings is 3. The van der Waals surface area contributed by atoms with Crippen LogP contribution in [0.25, 0.3) is 34.0 Å². The fourth-order valence-electron chi connectivity index (χ4n) is 3.99. The van der Waals surface area contributed by atoms with Gasteiger partial charge in [-0.15, -0.1) is 0 Å². The lowest BCUT2D eigenvalue weighted by Crippen LogP contribution is -2.35. The van der Waals surface area contributed by atoms with Gasteiger partial charge in [0.2, 0.25) is 5.82 Å². The molecule has 0 aliphatic carbocycles. The van der Waals surface area contributed by atoms with E-state index in [9.17, 15) is 18.0 Å². The second kappa shape index (κ2) is 9.94. The number of carboxylic acid groups (broad SMARTS) is 1. The third kappa shape index (κ3) is 5.31. The molecular formula is C27H24F3N3O3. The highest BCUT2D eigenvalue weighted by Gasteiger charge is 2.33. The SMILES string of the molecule is Cc1cc(-c2nc(-c3ccc(C(C)NC(C)C(=O)O)cc3)no2)ccc1-c1ccccc1C(F)(F)F. The van der Waals surface area contributed by atoms with Gasteiger partial charge in [0, 0.05) is 17.2 Å². The Morgan fingerprint density at radius 3 is 2.28 bits per heavy atom. The molecular weight excluding hydrogens is 471 g/mol. The van der Waals surface area contributed by atoms with Crippen LogP contribution in [-0.2, 0) is 11.0 Å². The van der Waals surface area contributed by atoms with Crippen molar-refractivity contribution in [2.24, 2.45) is 0 Å². The zero-order chi connectivity index (χ0) is 26.0. The van der Waals surface area contributed by atoms with E-state index in [1.165, 1.54) is 12.1 Å². The lowest BCUT2D eigenvalue weighted by Gasteiger charge is -2.17. The summed E-state index contributed by atoms with van der Waals surface area (Å²) in [4.78, 5) is 15.5. The molecule has 36 heavy (non-hydrogen) atoms. The Morgan fingerprint density at radius 1 is 0.972 bits per heavy atom. The van der Waals surface area contributed by atoms with E-state index < -0.39 is 23.8 Å². The minimum Gasteiger partial charge on any atom is -0.480 e. The molecule has 0 bridgehead atoms. The average Bonchev–Trinajstić information content (AvgIpc) is 3.34. The predicted octanol–water partition coefficient (Wildman–Crippen LogP) is 6.52. The normalized spacial score (nSPS) is 13.4. The molecule has 1 aromatic heterocycles. The molecule has 2 atom stereocenters. The van der Waals surface area contributed by atoms with E-state index in [4.69, 9.17) is 9.63 Å². The summed E-state index contributed by atoms with van der Waals surface area (Å²) in [5.74, 6) is -0.316. The summed E-state index contributed by atoms with van der Waals surface area (Å²) < 4.78 is 45.8. The van der Waals surface area contributed by atoms with Crippen LogP contribution in [0.3, 0.4) is 0 Å². The van der Waals surface area contributed by atoms with E-state index >= 15 is 0 Å². The number of carbonyl (C=O) groups is 1. The highest BCUT2D eigenvalue weighted by atomic mass is 19.4. The van der Waals surface area contributed by atoms with Crippen molar-refractivity contribution in [1.82, 2.24) is 15.5 Å². The third-order valence-electron chi connectivity index (χ3n) is 5.96. The molecule has 9 heteroatoms. The zero-order valence-electron chi connectivity index (χ0n) is 19.8. The molecule has 0 aliphatic rings. The molecule has 0 radical (unpaired) electrons. The molecule has 0 fully saturated rings. The van der Waals surface area contributed by atoms with Crippen molar-refractivity contribution in [3.8, 4) is 34.0 Å². The van der Waals surface area contributed by atoms with Crippen LogP contribution in [-0.4, -0.2) is 27.3 Å². The largest absolute Gasteiger partial charge is 0.480 e. The Balaban J connectivity index is 1.56. The number of aryl methyl sites for hydroxylation is 1. The monoisotopic (exact) mass is 495 g/mol. The second-order valence-corrected chi connectivity index (χ2v) is 8.57. The smallest absolute Gasteiger partial charge is 0.417 e. The molecule has 3 aromatic carbocycles. The molecule has 2 unspecified atom stereocenters. The summed E-state index contributed by atoms with van der Waals surface area (Å²) in [5.41, 5.74) is 2.75. The van der Waals surface area contributed by atoms with Crippen molar-refractivity contribution in [3.05, 3.63) is 83.4 Å². The summed E-state index contributed by atoms with van der Waals surface area (Å²) >= 11 is 0. The molecule has 4 rings (SSSR count). The van der Waals surface area contributed by atoms with E-state index in [2.05, 4.69) is 15.5 Å². The van der Waals surface area contributed by atoms with Gasteiger partial charge in [-0.05, 0) is 61.2 Å². The molecule has 0 saturated carbocycles. The third-order valence-corrected chi connectivity index (χ3v) is 5.96. The first-order valence-corrected chi connectivity index (χ1v) is 11.2. The van der Waals surface area contributed by atoms with Gasteiger partial charge in [0.05, 0.1) is 5.56 Å². The summed E-state index contributed by atoms with van der Waals surface area (Å²) in [6.07, 6.45) is -4.46. The van der Waals surface area contributed by atoms with Gasteiger partial charge < -0.3 is 9.63 Å². The number of aromatic nitrogens is 2. The van der Waals surface area contributed by atoms with Gasteiger partial charge in [0.15, 0.2) is 0 Å². The lowest BCUT2D eigenvalue weighted by atomic mass is 9.94. The molecule has 2 N–H and O–H groups in total. The number of halogens is 3. The van der Waals surface area contributed by atoms with Crippen molar-refractivity contribution in [1.29, 1.82) is 0 Å².